The summed E-state index contributed by atoms with van der Waals surface area (Å²) in [6, 6.07) is 8.44. The lowest BCUT2D eigenvalue weighted by Crippen LogP contribution is -2.25. The molecule has 2 heterocycles. The van der Waals surface area contributed by atoms with Crippen LogP contribution in [0.2, 0.25) is 5.02 Å². The van der Waals surface area contributed by atoms with Crippen molar-refractivity contribution in [2.45, 2.75) is 17.9 Å². The van der Waals surface area contributed by atoms with E-state index in [1.165, 1.54) is 12.1 Å². The van der Waals surface area contributed by atoms with E-state index in [1.54, 1.807) is 6.07 Å². The second kappa shape index (κ2) is 5.73. The minimum atomic E-state index is -3.85. The van der Waals surface area contributed by atoms with Crippen LogP contribution < -0.4 is 10.0 Å². The van der Waals surface area contributed by atoms with Crippen LogP contribution in [0.1, 0.15) is 11.1 Å². The van der Waals surface area contributed by atoms with Gasteiger partial charge in [0, 0.05) is 6.54 Å². The summed E-state index contributed by atoms with van der Waals surface area (Å²) in [5.41, 5.74) is 3.00. The highest BCUT2D eigenvalue weighted by atomic mass is 35.5. The molecule has 2 N–H and O–H groups in total. The molecule has 7 nitrogen and oxygen atoms in total. The molecule has 4 rings (SSSR count). The second-order valence-electron chi connectivity index (χ2n) is 5.48. The van der Waals surface area contributed by atoms with Crippen molar-refractivity contribution in [2.75, 3.05) is 11.3 Å². The Morgan fingerprint density at radius 2 is 2.00 bits per heavy atom. The third-order valence-electron chi connectivity index (χ3n) is 4.00. The molecule has 9 heteroatoms. The van der Waals surface area contributed by atoms with Crippen LogP contribution >= 0.6 is 11.6 Å². The zero-order chi connectivity index (χ0) is 16.7. The SMILES string of the molecule is O=S(=O)(Nc1cccc2c1CCNC2)c1ccc(Cl)c2nonc12. The molecule has 0 atom stereocenters. The van der Waals surface area contributed by atoms with Gasteiger partial charge in [0.15, 0.2) is 11.0 Å². The van der Waals surface area contributed by atoms with Gasteiger partial charge in [-0.15, -0.1) is 0 Å². The van der Waals surface area contributed by atoms with Crippen molar-refractivity contribution in [3.05, 3.63) is 46.5 Å². The summed E-state index contributed by atoms with van der Waals surface area (Å²) in [5.74, 6) is 0. The van der Waals surface area contributed by atoms with Crippen molar-refractivity contribution in [1.82, 2.24) is 15.6 Å². The number of nitrogens with one attached hydrogen (secondary N) is 2. The topological polar surface area (TPSA) is 97.1 Å². The van der Waals surface area contributed by atoms with E-state index in [-0.39, 0.29) is 21.0 Å². The fourth-order valence-electron chi connectivity index (χ4n) is 2.86. The summed E-state index contributed by atoms with van der Waals surface area (Å²) < 4.78 is 33.0. The largest absolute Gasteiger partial charge is 0.312 e. The van der Waals surface area contributed by atoms with Crippen LogP contribution in [0.25, 0.3) is 11.0 Å². The van der Waals surface area contributed by atoms with Gasteiger partial charge in [0.1, 0.15) is 4.90 Å². The van der Waals surface area contributed by atoms with Gasteiger partial charge < -0.3 is 5.32 Å². The van der Waals surface area contributed by atoms with Crippen molar-refractivity contribution in [3.8, 4) is 0 Å². The Morgan fingerprint density at radius 3 is 2.88 bits per heavy atom. The number of hydrogen-bond donors (Lipinski definition) is 2. The molecule has 3 aromatic rings. The molecule has 0 bridgehead atoms. The second-order valence-corrected chi connectivity index (χ2v) is 7.54. The number of aromatic nitrogens is 2. The molecule has 124 valence electrons. The number of rotatable bonds is 3. The highest BCUT2D eigenvalue weighted by molar-refractivity contribution is 7.93. The predicted octanol–water partition coefficient (Wildman–Crippen LogP) is 2.32. The third-order valence-corrected chi connectivity index (χ3v) is 5.71. The number of sulfonamides is 1. The molecule has 1 aliphatic rings. The van der Waals surface area contributed by atoms with Gasteiger partial charge in [0.2, 0.25) is 0 Å². The zero-order valence-electron chi connectivity index (χ0n) is 12.4. The van der Waals surface area contributed by atoms with Crippen LogP contribution in [0.4, 0.5) is 5.69 Å². The summed E-state index contributed by atoms with van der Waals surface area (Å²) in [6.07, 6.45) is 0.759. The molecule has 0 aliphatic carbocycles. The van der Waals surface area contributed by atoms with Gasteiger partial charge in [0.25, 0.3) is 10.0 Å². The Hall–Kier alpha value is -2.16. The van der Waals surface area contributed by atoms with Crippen LogP contribution in [-0.4, -0.2) is 25.3 Å². The Labute approximate surface area is 143 Å². The van der Waals surface area contributed by atoms with Gasteiger partial charge in [-0.1, -0.05) is 23.7 Å². The third kappa shape index (κ3) is 2.52. The smallest absolute Gasteiger partial charge is 0.264 e. The van der Waals surface area contributed by atoms with Gasteiger partial charge in [-0.3, -0.25) is 4.72 Å². The lowest BCUT2D eigenvalue weighted by atomic mass is 9.99. The van der Waals surface area contributed by atoms with Crippen LogP contribution in [-0.2, 0) is 23.0 Å². The molecule has 2 aromatic carbocycles. The fourth-order valence-corrected chi connectivity index (χ4v) is 4.27. The van der Waals surface area contributed by atoms with Crippen LogP contribution in [0.5, 0.6) is 0 Å². The number of halogens is 1. The van der Waals surface area contributed by atoms with Gasteiger partial charge in [-0.25, -0.2) is 13.0 Å². The van der Waals surface area contributed by atoms with E-state index in [2.05, 4.69) is 25.0 Å². The summed E-state index contributed by atoms with van der Waals surface area (Å²) >= 11 is 5.99. The molecule has 0 unspecified atom stereocenters. The number of nitrogens with zero attached hydrogens (tertiary/aromatic N) is 2. The highest BCUT2D eigenvalue weighted by Gasteiger charge is 2.24. The maximum Gasteiger partial charge on any atom is 0.264 e. The zero-order valence-corrected chi connectivity index (χ0v) is 14.0. The molecule has 1 aromatic heterocycles. The standard InChI is InChI=1S/C15H13ClN4O3S/c16-11-4-5-13(15-14(11)18-23-19-15)24(21,22)20-12-3-1-2-9-8-17-7-6-10(9)12/h1-5,17,20H,6-8H2. The Morgan fingerprint density at radius 1 is 1.17 bits per heavy atom. The molecule has 0 saturated carbocycles. The molecule has 1 aliphatic heterocycles. The summed E-state index contributed by atoms with van der Waals surface area (Å²) in [4.78, 5) is -0.0188. The molecule has 0 amide bonds. The van der Waals surface area contributed by atoms with Crippen molar-refractivity contribution in [3.63, 3.8) is 0 Å². The number of hydrogen-bond acceptors (Lipinski definition) is 6. The van der Waals surface area contributed by atoms with Gasteiger partial charge >= 0.3 is 0 Å². The van der Waals surface area contributed by atoms with Gasteiger partial charge in [0.05, 0.1) is 10.7 Å². The molecule has 0 spiro atoms. The Kier molecular flexibility index (Phi) is 3.67. The minimum absolute atomic E-state index is 0.0188. The predicted molar refractivity (Wildman–Crippen MR) is 89.5 cm³/mol. The lowest BCUT2D eigenvalue weighted by molar-refractivity contribution is 0.315. The molecule has 0 saturated heterocycles. The van der Waals surface area contributed by atoms with E-state index in [9.17, 15) is 8.42 Å². The molecular weight excluding hydrogens is 352 g/mol. The van der Waals surface area contributed by atoms with Crippen molar-refractivity contribution in [2.24, 2.45) is 0 Å². The average molecular weight is 365 g/mol. The van der Waals surface area contributed by atoms with E-state index in [1.807, 2.05) is 12.1 Å². The van der Waals surface area contributed by atoms with E-state index in [4.69, 9.17) is 11.6 Å². The Balaban J connectivity index is 1.79. The van der Waals surface area contributed by atoms with Crippen LogP contribution in [0, 0.1) is 0 Å². The number of benzene rings is 2. The fraction of sp³-hybridized carbons (Fsp3) is 0.200. The van der Waals surface area contributed by atoms with Crippen molar-refractivity contribution in [1.29, 1.82) is 0 Å². The maximum absolute atomic E-state index is 12.8. The maximum atomic E-state index is 12.8. The molecular formula is C15H13ClN4O3S. The monoisotopic (exact) mass is 364 g/mol. The Bertz CT molecular complexity index is 1030. The summed E-state index contributed by atoms with van der Waals surface area (Å²) in [7, 11) is -3.85. The molecule has 0 fully saturated rings. The van der Waals surface area contributed by atoms with Crippen molar-refractivity contribution < 1.29 is 13.0 Å². The van der Waals surface area contributed by atoms with E-state index >= 15 is 0 Å². The van der Waals surface area contributed by atoms with Gasteiger partial charge in [-0.05, 0) is 52.6 Å². The normalized spacial score (nSPS) is 14.5. The molecule has 0 radical (unpaired) electrons. The van der Waals surface area contributed by atoms with E-state index in [0.717, 1.165) is 30.6 Å². The van der Waals surface area contributed by atoms with E-state index in [0.29, 0.717) is 5.69 Å². The lowest BCUT2D eigenvalue weighted by Gasteiger charge is -2.21. The number of anilines is 1. The first-order valence-corrected chi connectivity index (χ1v) is 9.17. The summed E-state index contributed by atoms with van der Waals surface area (Å²) in [5, 5.41) is 10.9. The first-order valence-electron chi connectivity index (χ1n) is 7.31. The highest BCUT2D eigenvalue weighted by Crippen LogP contribution is 2.30. The van der Waals surface area contributed by atoms with E-state index < -0.39 is 10.0 Å². The van der Waals surface area contributed by atoms with Crippen molar-refractivity contribution >= 4 is 38.3 Å². The van der Waals surface area contributed by atoms with Gasteiger partial charge in [-0.2, -0.15) is 0 Å². The van der Waals surface area contributed by atoms with Crippen LogP contribution in [0.3, 0.4) is 0 Å². The quantitative estimate of drug-likeness (QED) is 0.740. The first kappa shape index (κ1) is 15.4. The summed E-state index contributed by atoms with van der Waals surface area (Å²) in [6.45, 7) is 1.54. The molecule has 24 heavy (non-hydrogen) atoms. The number of fused-ring (bicyclic) bond motifs is 2. The first-order chi connectivity index (χ1) is 11.6. The van der Waals surface area contributed by atoms with Crippen LogP contribution in [0.15, 0.2) is 39.9 Å². The average Bonchev–Trinajstić information content (AvgIpc) is 3.05. The minimum Gasteiger partial charge on any atom is -0.312 e.